The summed E-state index contributed by atoms with van der Waals surface area (Å²) >= 11 is 1.38. The lowest BCUT2D eigenvalue weighted by Gasteiger charge is -2.16. The summed E-state index contributed by atoms with van der Waals surface area (Å²) in [6, 6.07) is -1.19. The maximum absolute atomic E-state index is 11.3. The van der Waals surface area contributed by atoms with Gasteiger partial charge in [0.2, 0.25) is 5.91 Å². The number of hydrogen-bond donors (Lipinski definition) is 3. The molecule has 1 amide bonds. The van der Waals surface area contributed by atoms with E-state index in [2.05, 4.69) is 10.6 Å². The van der Waals surface area contributed by atoms with E-state index >= 15 is 0 Å². The van der Waals surface area contributed by atoms with E-state index in [4.69, 9.17) is 5.11 Å². The van der Waals surface area contributed by atoms with Crippen LogP contribution < -0.4 is 10.6 Å². The fourth-order valence-corrected chi connectivity index (χ4v) is 1.33. The Bertz CT molecular complexity index is 211. The molecule has 14 heavy (non-hydrogen) atoms. The first kappa shape index (κ1) is 13.2. The predicted molar refractivity (Wildman–Crippen MR) is 56.5 cm³/mol. The van der Waals surface area contributed by atoms with E-state index < -0.39 is 12.0 Å². The quantitative estimate of drug-likeness (QED) is 0.564. The first-order chi connectivity index (χ1) is 6.52. The molecule has 0 spiro atoms. The highest BCUT2D eigenvalue weighted by atomic mass is 32.2. The number of amides is 1. The molecule has 82 valence electrons. The molecule has 0 rings (SSSR count). The molecule has 0 heterocycles. The molecule has 2 atom stereocenters. The molecule has 1 unspecified atom stereocenters. The number of carbonyl (C=O) groups excluding carboxylic acids is 1. The van der Waals surface area contributed by atoms with Crippen LogP contribution >= 0.6 is 11.8 Å². The predicted octanol–water partition coefficient (Wildman–Crippen LogP) is -0.473. The van der Waals surface area contributed by atoms with Gasteiger partial charge < -0.3 is 15.7 Å². The Morgan fingerprint density at radius 3 is 2.43 bits per heavy atom. The fraction of sp³-hybridized carbons (Fsp3) is 0.750. The van der Waals surface area contributed by atoms with E-state index in [1.165, 1.54) is 11.8 Å². The van der Waals surface area contributed by atoms with Crippen LogP contribution in [0.1, 0.15) is 6.92 Å². The summed E-state index contributed by atoms with van der Waals surface area (Å²) in [5, 5.41) is 13.9. The summed E-state index contributed by atoms with van der Waals surface area (Å²) in [5.74, 6) is -0.928. The lowest BCUT2D eigenvalue weighted by atomic mass is 10.2. The number of nitrogens with one attached hydrogen (secondary N) is 2. The van der Waals surface area contributed by atoms with Crippen molar-refractivity contribution in [2.24, 2.45) is 0 Å². The molecule has 0 aromatic rings. The summed E-state index contributed by atoms with van der Waals surface area (Å²) in [4.78, 5) is 22.0. The van der Waals surface area contributed by atoms with Crippen LogP contribution in [0.3, 0.4) is 0 Å². The largest absolute Gasteiger partial charge is 0.480 e. The Balaban J connectivity index is 4.15. The second kappa shape index (κ2) is 6.67. The lowest BCUT2D eigenvalue weighted by molar-refractivity contribution is -0.141. The molecule has 0 aliphatic heterocycles. The smallest absolute Gasteiger partial charge is 0.327 e. The topological polar surface area (TPSA) is 78.4 Å². The highest BCUT2D eigenvalue weighted by Gasteiger charge is 2.21. The zero-order valence-electron chi connectivity index (χ0n) is 8.53. The summed E-state index contributed by atoms with van der Waals surface area (Å²) in [6.07, 6.45) is 1.80. The molecule has 0 aromatic heterocycles. The molecule has 0 aliphatic carbocycles. The van der Waals surface area contributed by atoms with E-state index in [9.17, 15) is 9.59 Å². The zero-order chi connectivity index (χ0) is 11.1. The Labute approximate surface area is 87.6 Å². The van der Waals surface area contributed by atoms with E-state index in [0.29, 0.717) is 5.75 Å². The van der Waals surface area contributed by atoms with Crippen LogP contribution in [0.4, 0.5) is 0 Å². The van der Waals surface area contributed by atoms with Crippen molar-refractivity contribution in [3.8, 4) is 0 Å². The lowest BCUT2D eigenvalue weighted by Crippen LogP contribution is -2.49. The van der Waals surface area contributed by atoms with Crippen molar-refractivity contribution in [2.75, 3.05) is 19.1 Å². The highest BCUT2D eigenvalue weighted by molar-refractivity contribution is 7.98. The van der Waals surface area contributed by atoms with E-state index in [1.807, 2.05) is 0 Å². The third kappa shape index (κ3) is 4.48. The molecule has 0 bridgehead atoms. The van der Waals surface area contributed by atoms with Gasteiger partial charge in [0.15, 0.2) is 0 Å². The van der Waals surface area contributed by atoms with Crippen molar-refractivity contribution < 1.29 is 14.7 Å². The van der Waals surface area contributed by atoms with Crippen LogP contribution in [0, 0.1) is 0 Å². The number of likely N-dealkylation sites (N-methyl/N-ethyl adjacent to an activating group) is 1. The van der Waals surface area contributed by atoms with E-state index in [-0.39, 0.29) is 11.9 Å². The van der Waals surface area contributed by atoms with Crippen LogP contribution in [0.15, 0.2) is 0 Å². The van der Waals surface area contributed by atoms with Crippen LogP contribution in [-0.2, 0) is 9.59 Å². The van der Waals surface area contributed by atoms with Crippen molar-refractivity contribution in [1.29, 1.82) is 0 Å². The molecule has 5 nitrogen and oxygen atoms in total. The average Bonchev–Trinajstić information content (AvgIpc) is 2.15. The Hall–Kier alpha value is -0.750. The van der Waals surface area contributed by atoms with Crippen LogP contribution in [0.2, 0.25) is 0 Å². The monoisotopic (exact) mass is 220 g/mol. The van der Waals surface area contributed by atoms with Crippen LogP contribution in [0.5, 0.6) is 0 Å². The van der Waals surface area contributed by atoms with Crippen molar-refractivity contribution in [3.05, 3.63) is 0 Å². The third-order valence-corrected chi connectivity index (χ3v) is 2.44. The Kier molecular flexibility index (Phi) is 6.31. The zero-order valence-corrected chi connectivity index (χ0v) is 9.35. The molecule has 3 N–H and O–H groups in total. The van der Waals surface area contributed by atoms with E-state index in [0.717, 1.165) is 0 Å². The minimum Gasteiger partial charge on any atom is -0.480 e. The van der Waals surface area contributed by atoms with Gasteiger partial charge in [0, 0.05) is 5.75 Å². The summed E-state index contributed by atoms with van der Waals surface area (Å²) in [6.45, 7) is 1.67. The SMILES string of the molecule is CNC(C)C(=O)N[C@H](CSC)C(=O)O. The average molecular weight is 220 g/mol. The summed E-state index contributed by atoms with van der Waals surface area (Å²) in [5.41, 5.74) is 0. The van der Waals surface area contributed by atoms with Gasteiger partial charge in [-0.05, 0) is 20.2 Å². The molecule has 0 radical (unpaired) electrons. The number of carbonyl (C=O) groups is 2. The summed E-state index contributed by atoms with van der Waals surface area (Å²) in [7, 11) is 1.65. The third-order valence-electron chi connectivity index (χ3n) is 1.77. The normalized spacial score (nSPS) is 14.5. The first-order valence-corrected chi connectivity index (χ1v) is 5.61. The van der Waals surface area contributed by atoms with Crippen molar-refractivity contribution in [2.45, 2.75) is 19.0 Å². The standard InChI is InChI=1S/C8H16N2O3S/c1-5(9-2)7(11)10-6(4-14-3)8(12)13/h5-6,9H,4H2,1-3H3,(H,10,11)(H,12,13)/t5?,6-/m1/s1. The van der Waals surface area contributed by atoms with Crippen molar-refractivity contribution >= 4 is 23.6 Å². The van der Waals surface area contributed by atoms with Gasteiger partial charge in [0.1, 0.15) is 6.04 Å². The molecule has 0 aliphatic rings. The van der Waals surface area contributed by atoms with E-state index in [1.54, 1.807) is 20.2 Å². The number of aliphatic carboxylic acids is 1. The molecule has 6 heteroatoms. The van der Waals surface area contributed by atoms with Gasteiger partial charge in [-0.1, -0.05) is 0 Å². The molecule has 0 fully saturated rings. The first-order valence-electron chi connectivity index (χ1n) is 4.22. The molecule has 0 aromatic carbocycles. The number of hydrogen-bond acceptors (Lipinski definition) is 4. The Morgan fingerprint density at radius 2 is 2.07 bits per heavy atom. The van der Waals surface area contributed by atoms with Gasteiger partial charge in [-0.3, -0.25) is 4.79 Å². The van der Waals surface area contributed by atoms with Crippen molar-refractivity contribution in [1.82, 2.24) is 10.6 Å². The fourth-order valence-electron chi connectivity index (χ4n) is 0.769. The molecule has 0 saturated heterocycles. The van der Waals surface area contributed by atoms with Gasteiger partial charge in [-0.2, -0.15) is 11.8 Å². The number of carboxylic acid groups (broad SMARTS) is 1. The van der Waals surface area contributed by atoms with Gasteiger partial charge >= 0.3 is 5.97 Å². The second-order valence-corrected chi connectivity index (χ2v) is 3.78. The highest BCUT2D eigenvalue weighted by Crippen LogP contribution is 1.98. The number of rotatable bonds is 6. The maximum Gasteiger partial charge on any atom is 0.327 e. The minimum absolute atomic E-state index is 0.297. The number of thioether (sulfide) groups is 1. The summed E-state index contributed by atoms with van der Waals surface area (Å²) < 4.78 is 0. The minimum atomic E-state index is -1.00. The molecular weight excluding hydrogens is 204 g/mol. The van der Waals surface area contributed by atoms with Gasteiger partial charge in [0.25, 0.3) is 0 Å². The van der Waals surface area contributed by atoms with Crippen molar-refractivity contribution in [3.63, 3.8) is 0 Å². The van der Waals surface area contributed by atoms with Gasteiger partial charge in [-0.25, -0.2) is 4.79 Å². The Morgan fingerprint density at radius 1 is 1.50 bits per heavy atom. The molecular formula is C8H16N2O3S. The van der Waals surface area contributed by atoms with Crippen LogP contribution in [-0.4, -0.2) is 48.1 Å². The van der Waals surface area contributed by atoms with Gasteiger partial charge in [0.05, 0.1) is 6.04 Å². The van der Waals surface area contributed by atoms with Gasteiger partial charge in [-0.15, -0.1) is 0 Å². The van der Waals surface area contributed by atoms with Crippen LogP contribution in [0.25, 0.3) is 0 Å². The molecule has 0 saturated carbocycles. The maximum atomic E-state index is 11.3. The second-order valence-electron chi connectivity index (χ2n) is 2.87. The number of carboxylic acids is 1.